The molecule has 0 aromatic heterocycles. The van der Waals surface area contributed by atoms with Crippen molar-refractivity contribution in [3.8, 4) is 0 Å². The highest BCUT2D eigenvalue weighted by atomic mass is 16.8. The molecule has 9 heteroatoms. The van der Waals surface area contributed by atoms with Gasteiger partial charge in [0.2, 0.25) is 12.0 Å². The molecule has 2 N–H and O–H groups in total. The van der Waals surface area contributed by atoms with Gasteiger partial charge < -0.3 is 29.4 Å². The van der Waals surface area contributed by atoms with Crippen LogP contribution in [-0.2, 0) is 33.3 Å². The number of carbonyl (C=O) groups is 3. The predicted molar refractivity (Wildman–Crippen MR) is 110 cm³/mol. The molecule has 1 amide bonds. The lowest BCUT2D eigenvalue weighted by atomic mass is 9.94. The number of benzene rings is 1. The molecule has 2 aliphatic carbocycles. The largest absolute Gasteiger partial charge is 0.454 e. The highest BCUT2D eigenvalue weighted by molar-refractivity contribution is 5.80. The minimum atomic E-state index is -1.28. The number of nitrogens with one attached hydrogen (secondary N) is 1. The fourth-order valence-electron chi connectivity index (χ4n) is 4.89. The molecule has 174 valence electrons. The summed E-state index contributed by atoms with van der Waals surface area (Å²) in [7, 11) is 0. The standard InChI is InChI=1S/C23H29NO8/c1-13(25)24-16-17(27)20-21(32-23(31-20)11-7-4-8-12-23)19(16)30-22(28)18(29-14(2)26)15-9-5-3-6-10-15/h3,5-6,9-10,16-21,27H,4,7-8,11-12H2,1-2H3,(H,24,25)/t16-,17+,18+,19-,20+,21-/m1/s1. The summed E-state index contributed by atoms with van der Waals surface area (Å²) in [5.41, 5.74) is 0.450. The number of aliphatic hydroxyl groups is 1. The van der Waals surface area contributed by atoms with E-state index in [1.807, 2.05) is 0 Å². The monoisotopic (exact) mass is 447 g/mol. The number of esters is 2. The van der Waals surface area contributed by atoms with E-state index in [2.05, 4.69) is 5.32 Å². The summed E-state index contributed by atoms with van der Waals surface area (Å²) in [6, 6.07) is 7.60. The Bertz CT molecular complexity index is 853. The molecule has 1 aromatic rings. The summed E-state index contributed by atoms with van der Waals surface area (Å²) in [5, 5.41) is 13.6. The molecule has 9 nitrogen and oxygen atoms in total. The van der Waals surface area contributed by atoms with E-state index in [0.717, 1.165) is 19.3 Å². The number of hydrogen-bond acceptors (Lipinski definition) is 8. The average Bonchev–Trinajstić information content (AvgIpc) is 3.22. The molecule has 1 saturated heterocycles. The van der Waals surface area contributed by atoms with Crippen LogP contribution in [0, 0.1) is 0 Å². The zero-order valence-corrected chi connectivity index (χ0v) is 18.2. The minimum absolute atomic E-state index is 0.387. The van der Waals surface area contributed by atoms with Gasteiger partial charge in [0.25, 0.3) is 0 Å². The van der Waals surface area contributed by atoms with E-state index in [9.17, 15) is 19.5 Å². The zero-order chi connectivity index (χ0) is 22.9. The molecule has 1 spiro atoms. The molecule has 2 saturated carbocycles. The summed E-state index contributed by atoms with van der Waals surface area (Å²) in [5.74, 6) is -2.65. The van der Waals surface area contributed by atoms with Crippen LogP contribution in [-0.4, -0.2) is 59.2 Å². The third-order valence-corrected chi connectivity index (χ3v) is 6.25. The Hall–Kier alpha value is -2.49. The van der Waals surface area contributed by atoms with Crippen LogP contribution in [0.4, 0.5) is 0 Å². The van der Waals surface area contributed by atoms with E-state index in [0.29, 0.717) is 18.4 Å². The Labute approximate surface area is 186 Å². The van der Waals surface area contributed by atoms with E-state index in [4.69, 9.17) is 18.9 Å². The van der Waals surface area contributed by atoms with Crippen LogP contribution < -0.4 is 5.32 Å². The number of carbonyl (C=O) groups excluding carboxylic acids is 3. The summed E-state index contributed by atoms with van der Waals surface area (Å²) in [4.78, 5) is 36.6. The zero-order valence-electron chi connectivity index (χ0n) is 18.2. The van der Waals surface area contributed by atoms with Crippen molar-refractivity contribution in [1.82, 2.24) is 5.32 Å². The third-order valence-electron chi connectivity index (χ3n) is 6.25. The highest BCUT2D eigenvalue weighted by Crippen LogP contribution is 2.46. The lowest BCUT2D eigenvalue weighted by Gasteiger charge is -2.35. The Morgan fingerprint density at radius 3 is 2.34 bits per heavy atom. The quantitative estimate of drug-likeness (QED) is 0.652. The molecular formula is C23H29NO8. The molecule has 3 fully saturated rings. The number of rotatable bonds is 5. The Morgan fingerprint density at radius 1 is 1.06 bits per heavy atom. The van der Waals surface area contributed by atoms with Crippen LogP contribution in [0.1, 0.15) is 57.6 Å². The highest BCUT2D eigenvalue weighted by Gasteiger charge is 2.63. The number of aliphatic hydroxyl groups excluding tert-OH is 1. The molecule has 3 aliphatic rings. The van der Waals surface area contributed by atoms with Gasteiger partial charge in [-0.1, -0.05) is 36.8 Å². The molecule has 0 bridgehead atoms. The van der Waals surface area contributed by atoms with Gasteiger partial charge in [0.05, 0.1) is 6.04 Å². The van der Waals surface area contributed by atoms with E-state index >= 15 is 0 Å². The van der Waals surface area contributed by atoms with Gasteiger partial charge in [-0.15, -0.1) is 0 Å². The molecule has 1 aromatic carbocycles. The molecule has 0 unspecified atom stereocenters. The van der Waals surface area contributed by atoms with Crippen molar-refractivity contribution in [2.75, 3.05) is 0 Å². The van der Waals surface area contributed by atoms with Crippen LogP contribution in [0.3, 0.4) is 0 Å². The first-order valence-electron chi connectivity index (χ1n) is 11.0. The summed E-state index contributed by atoms with van der Waals surface area (Å²) in [6.45, 7) is 2.52. The van der Waals surface area contributed by atoms with Gasteiger partial charge in [-0.25, -0.2) is 4.79 Å². The molecular weight excluding hydrogens is 418 g/mol. The van der Waals surface area contributed by atoms with Gasteiger partial charge in [0.1, 0.15) is 18.3 Å². The van der Waals surface area contributed by atoms with Crippen molar-refractivity contribution in [3.63, 3.8) is 0 Å². The molecule has 1 heterocycles. The first-order chi connectivity index (χ1) is 15.3. The Kier molecular flexibility index (Phi) is 6.50. The molecule has 1 aliphatic heterocycles. The number of hydrogen-bond donors (Lipinski definition) is 2. The topological polar surface area (TPSA) is 120 Å². The smallest absolute Gasteiger partial charge is 0.352 e. The molecule has 6 atom stereocenters. The number of ether oxygens (including phenoxy) is 4. The maximum atomic E-state index is 13.1. The van der Waals surface area contributed by atoms with Crippen molar-refractivity contribution in [3.05, 3.63) is 35.9 Å². The van der Waals surface area contributed by atoms with Crippen molar-refractivity contribution >= 4 is 17.8 Å². The Balaban J connectivity index is 1.58. The fraction of sp³-hybridized carbons (Fsp3) is 0.609. The van der Waals surface area contributed by atoms with Gasteiger partial charge in [-0.2, -0.15) is 0 Å². The van der Waals surface area contributed by atoms with E-state index in [-0.39, 0.29) is 5.91 Å². The maximum absolute atomic E-state index is 13.1. The number of fused-ring (bicyclic) bond motifs is 1. The first kappa shape index (κ1) is 22.7. The summed E-state index contributed by atoms with van der Waals surface area (Å²) in [6.07, 6.45) is -0.550. The van der Waals surface area contributed by atoms with Crippen molar-refractivity contribution in [1.29, 1.82) is 0 Å². The van der Waals surface area contributed by atoms with E-state index in [1.54, 1.807) is 30.3 Å². The lowest BCUT2D eigenvalue weighted by molar-refractivity contribution is -0.220. The second-order valence-corrected chi connectivity index (χ2v) is 8.65. The van der Waals surface area contributed by atoms with Crippen molar-refractivity contribution < 1.29 is 38.4 Å². The Morgan fingerprint density at radius 2 is 1.72 bits per heavy atom. The van der Waals surface area contributed by atoms with E-state index in [1.165, 1.54) is 13.8 Å². The van der Waals surface area contributed by atoms with Crippen LogP contribution in [0.2, 0.25) is 0 Å². The van der Waals surface area contributed by atoms with Crippen LogP contribution in [0.5, 0.6) is 0 Å². The first-order valence-corrected chi connectivity index (χ1v) is 11.0. The molecule has 4 rings (SSSR count). The summed E-state index contributed by atoms with van der Waals surface area (Å²) < 4.78 is 23.4. The second-order valence-electron chi connectivity index (χ2n) is 8.65. The van der Waals surface area contributed by atoms with Crippen LogP contribution in [0.25, 0.3) is 0 Å². The van der Waals surface area contributed by atoms with Crippen LogP contribution in [0.15, 0.2) is 30.3 Å². The lowest BCUT2D eigenvalue weighted by Crippen LogP contribution is -2.51. The summed E-state index contributed by atoms with van der Waals surface area (Å²) >= 11 is 0. The minimum Gasteiger partial charge on any atom is -0.454 e. The predicted octanol–water partition coefficient (Wildman–Crippen LogP) is 1.53. The maximum Gasteiger partial charge on any atom is 0.352 e. The van der Waals surface area contributed by atoms with Crippen molar-refractivity contribution in [2.24, 2.45) is 0 Å². The van der Waals surface area contributed by atoms with E-state index < -0.39 is 54.3 Å². The van der Waals surface area contributed by atoms with Gasteiger partial charge in [-0.05, 0) is 12.8 Å². The molecule has 32 heavy (non-hydrogen) atoms. The fourth-order valence-corrected chi connectivity index (χ4v) is 4.89. The normalized spacial score (nSPS) is 31.5. The van der Waals surface area contributed by atoms with Crippen LogP contribution >= 0.6 is 0 Å². The third kappa shape index (κ3) is 4.51. The molecule has 0 radical (unpaired) electrons. The van der Waals surface area contributed by atoms with Crippen molar-refractivity contribution in [2.45, 2.75) is 88.3 Å². The average molecular weight is 447 g/mol. The van der Waals surface area contributed by atoms with Gasteiger partial charge >= 0.3 is 11.9 Å². The number of amides is 1. The second kappa shape index (κ2) is 9.17. The SMILES string of the molecule is CC(=O)N[C@@H]1[C@H](O)[C@@H]2OC3(CCCCC3)O[C@@H]2[C@@H]1OC(=O)[C@@H](OC(C)=O)c1ccccc1. The van der Waals surface area contributed by atoms with Gasteiger partial charge in [0, 0.05) is 32.3 Å². The van der Waals surface area contributed by atoms with Gasteiger partial charge in [0.15, 0.2) is 11.9 Å². The van der Waals surface area contributed by atoms with Gasteiger partial charge in [-0.3, -0.25) is 9.59 Å².